The maximum Gasteiger partial charge on any atom is 0.410 e. The lowest BCUT2D eigenvalue weighted by Gasteiger charge is -2.35. The van der Waals surface area contributed by atoms with Crippen molar-refractivity contribution in [3.63, 3.8) is 0 Å². The van der Waals surface area contributed by atoms with Crippen molar-refractivity contribution in [2.75, 3.05) is 31.5 Å². The number of aromatic nitrogens is 1. The molecule has 3 heterocycles. The van der Waals surface area contributed by atoms with Crippen molar-refractivity contribution in [3.8, 4) is 0 Å². The molecule has 0 spiro atoms. The number of urea groups is 1. The first-order valence-electron chi connectivity index (χ1n) is 13.3. The van der Waals surface area contributed by atoms with Crippen LogP contribution >= 0.6 is 0 Å². The van der Waals surface area contributed by atoms with Crippen LogP contribution in [0.3, 0.4) is 0 Å². The highest BCUT2D eigenvalue weighted by Gasteiger charge is 2.29. The maximum atomic E-state index is 13.8. The van der Waals surface area contributed by atoms with E-state index in [0.29, 0.717) is 54.2 Å². The molecule has 0 saturated carbocycles. The van der Waals surface area contributed by atoms with Crippen LogP contribution in [0.2, 0.25) is 0 Å². The summed E-state index contributed by atoms with van der Waals surface area (Å²) in [7, 11) is 0. The van der Waals surface area contributed by atoms with Gasteiger partial charge < -0.3 is 29.6 Å². The van der Waals surface area contributed by atoms with Gasteiger partial charge >= 0.3 is 12.1 Å². The number of nitrogens with zero attached hydrogens (tertiary/aromatic N) is 3. The summed E-state index contributed by atoms with van der Waals surface area (Å²) in [5.74, 6) is -0.0780. The van der Waals surface area contributed by atoms with E-state index >= 15 is 0 Å². The largest absolute Gasteiger partial charge is 0.459 e. The minimum absolute atomic E-state index is 0.0276. The van der Waals surface area contributed by atoms with Crippen LogP contribution in [-0.2, 0) is 4.74 Å². The number of carbonyl (C=O) groups excluding carboxylic acids is 3. The third-order valence-electron chi connectivity index (χ3n) is 6.63. The Morgan fingerprint density at radius 2 is 1.73 bits per heavy atom. The number of halogens is 1. The second-order valence-corrected chi connectivity index (χ2v) is 11.3. The molecular formula is C29H36FN5O5. The molecule has 0 unspecified atom stereocenters. The van der Waals surface area contributed by atoms with Crippen LogP contribution in [0.4, 0.5) is 19.7 Å². The molecular weight excluding hydrogens is 517 g/mol. The molecule has 0 aliphatic carbocycles. The van der Waals surface area contributed by atoms with E-state index in [4.69, 9.17) is 9.15 Å². The van der Waals surface area contributed by atoms with E-state index in [0.717, 1.165) is 5.56 Å². The molecule has 11 heteroatoms. The molecule has 0 radical (unpaired) electrons. The highest BCUT2D eigenvalue weighted by molar-refractivity contribution is 5.96. The summed E-state index contributed by atoms with van der Waals surface area (Å²) in [6.07, 6.45) is 2.50. The molecule has 40 heavy (non-hydrogen) atoms. The van der Waals surface area contributed by atoms with Gasteiger partial charge in [-0.2, -0.15) is 0 Å². The third-order valence-corrected chi connectivity index (χ3v) is 6.63. The third kappa shape index (κ3) is 6.70. The van der Waals surface area contributed by atoms with Gasteiger partial charge in [0.25, 0.3) is 5.91 Å². The van der Waals surface area contributed by atoms with Crippen LogP contribution in [-0.4, -0.2) is 64.6 Å². The topological polar surface area (TPSA) is 117 Å². The van der Waals surface area contributed by atoms with E-state index in [9.17, 15) is 18.8 Å². The molecule has 1 aromatic carbocycles. The van der Waals surface area contributed by atoms with Crippen LogP contribution in [0.5, 0.6) is 0 Å². The van der Waals surface area contributed by atoms with Gasteiger partial charge in [0.05, 0.1) is 23.5 Å². The Morgan fingerprint density at radius 1 is 1.05 bits per heavy atom. The Hall–Kier alpha value is -4.15. The van der Waals surface area contributed by atoms with Gasteiger partial charge in [0, 0.05) is 43.3 Å². The number of fused-ring (bicyclic) bond motifs is 1. The van der Waals surface area contributed by atoms with Crippen LogP contribution in [0.1, 0.15) is 62.3 Å². The van der Waals surface area contributed by atoms with Gasteiger partial charge in [0.2, 0.25) is 0 Å². The van der Waals surface area contributed by atoms with Crippen LogP contribution in [0, 0.1) is 18.7 Å². The number of rotatable bonds is 5. The summed E-state index contributed by atoms with van der Waals surface area (Å²) in [5, 5.41) is 6.34. The lowest BCUT2D eigenvalue weighted by atomic mass is 9.98. The van der Waals surface area contributed by atoms with Crippen molar-refractivity contribution in [3.05, 3.63) is 59.4 Å². The summed E-state index contributed by atoms with van der Waals surface area (Å²) >= 11 is 0. The lowest BCUT2D eigenvalue weighted by molar-refractivity contribution is 0.0141. The van der Waals surface area contributed by atoms with Crippen molar-refractivity contribution >= 4 is 34.7 Å². The Kier molecular flexibility index (Phi) is 8.32. The summed E-state index contributed by atoms with van der Waals surface area (Å²) in [6.45, 7) is 12.6. The Labute approximate surface area is 232 Å². The zero-order valence-corrected chi connectivity index (χ0v) is 23.7. The number of aryl methyl sites for hydroxylation is 1. The number of ether oxygens (including phenoxy) is 1. The molecule has 4 rings (SSSR count). The van der Waals surface area contributed by atoms with Gasteiger partial charge in [-0.15, -0.1) is 0 Å². The van der Waals surface area contributed by atoms with Gasteiger partial charge in [-0.1, -0.05) is 13.8 Å². The van der Waals surface area contributed by atoms with Gasteiger partial charge in [-0.3, -0.25) is 9.78 Å². The highest BCUT2D eigenvalue weighted by Crippen LogP contribution is 2.33. The molecule has 2 N–H and O–H groups in total. The molecule has 4 amide bonds. The smallest absolute Gasteiger partial charge is 0.410 e. The fourth-order valence-corrected chi connectivity index (χ4v) is 4.58. The van der Waals surface area contributed by atoms with E-state index in [1.54, 1.807) is 21.9 Å². The predicted octanol–water partition coefficient (Wildman–Crippen LogP) is 5.49. The SMILES string of the molecule is Cc1c([C@@H](NC(=O)Nc2cncc(C(=O)N3CCN(C(=O)OC(C)(C)C)CC3)c2)C(C)C)oc2ccc(F)cc12. The maximum absolute atomic E-state index is 13.8. The Balaban J connectivity index is 1.39. The molecule has 1 atom stereocenters. The lowest BCUT2D eigenvalue weighted by Crippen LogP contribution is -2.51. The monoisotopic (exact) mass is 553 g/mol. The van der Waals surface area contributed by atoms with Gasteiger partial charge in [-0.05, 0) is 57.9 Å². The van der Waals surface area contributed by atoms with E-state index in [1.807, 2.05) is 41.5 Å². The molecule has 1 fully saturated rings. The molecule has 1 aliphatic heterocycles. The van der Waals surface area contributed by atoms with Gasteiger partial charge in [0.15, 0.2) is 0 Å². The van der Waals surface area contributed by atoms with Crippen molar-refractivity contribution < 1.29 is 27.9 Å². The molecule has 10 nitrogen and oxygen atoms in total. The second kappa shape index (κ2) is 11.5. The quantitative estimate of drug-likeness (QED) is 0.432. The Bertz CT molecular complexity index is 1410. The highest BCUT2D eigenvalue weighted by atomic mass is 19.1. The number of carbonyl (C=O) groups is 3. The first-order valence-corrected chi connectivity index (χ1v) is 13.3. The number of anilines is 1. The number of benzene rings is 1. The molecule has 3 aromatic rings. The van der Waals surface area contributed by atoms with Crippen molar-refractivity contribution in [1.29, 1.82) is 0 Å². The Morgan fingerprint density at radius 3 is 2.38 bits per heavy atom. The van der Waals surface area contributed by atoms with E-state index in [2.05, 4.69) is 15.6 Å². The van der Waals surface area contributed by atoms with Crippen LogP contribution < -0.4 is 10.6 Å². The summed E-state index contributed by atoms with van der Waals surface area (Å²) in [5.41, 5.74) is 1.38. The standard InChI is InChI=1S/C29H36FN5O5/c1-17(2)24(25-18(3)22-14-20(30)7-8-23(22)39-25)33-27(37)32-21-13-19(15-31-16-21)26(36)34-9-11-35(12-10-34)28(38)40-29(4,5)6/h7-8,13-17,24H,9-12H2,1-6H3,(H2,32,33,37)/t24-/m0/s1. The molecule has 2 aromatic heterocycles. The van der Waals surface area contributed by atoms with E-state index in [-0.39, 0.29) is 17.6 Å². The molecule has 1 aliphatic rings. The normalized spacial score (nSPS) is 14.8. The van der Waals surface area contributed by atoms with Crippen LogP contribution in [0.25, 0.3) is 11.0 Å². The first-order chi connectivity index (χ1) is 18.8. The van der Waals surface area contributed by atoms with Crippen molar-refractivity contribution in [2.45, 2.75) is 53.2 Å². The number of piperazine rings is 1. The number of hydrogen-bond donors (Lipinski definition) is 2. The average Bonchev–Trinajstić information content (AvgIpc) is 3.21. The zero-order valence-electron chi connectivity index (χ0n) is 23.7. The minimum Gasteiger partial charge on any atom is -0.459 e. The zero-order chi connectivity index (χ0) is 29.2. The van der Waals surface area contributed by atoms with Crippen molar-refractivity contribution in [1.82, 2.24) is 20.1 Å². The minimum atomic E-state index is -0.588. The fourth-order valence-electron chi connectivity index (χ4n) is 4.58. The van der Waals surface area contributed by atoms with Gasteiger partial charge in [0.1, 0.15) is 22.8 Å². The first kappa shape index (κ1) is 28.8. The molecule has 214 valence electrons. The number of nitrogens with one attached hydrogen (secondary N) is 2. The average molecular weight is 554 g/mol. The summed E-state index contributed by atoms with van der Waals surface area (Å²) < 4.78 is 25.2. The van der Waals surface area contributed by atoms with E-state index in [1.165, 1.54) is 24.5 Å². The predicted molar refractivity (Wildman–Crippen MR) is 149 cm³/mol. The van der Waals surface area contributed by atoms with Crippen LogP contribution in [0.15, 0.2) is 41.1 Å². The summed E-state index contributed by atoms with van der Waals surface area (Å²) in [6, 6.07) is 4.91. The summed E-state index contributed by atoms with van der Waals surface area (Å²) in [4.78, 5) is 45.8. The van der Waals surface area contributed by atoms with E-state index < -0.39 is 23.8 Å². The molecule has 0 bridgehead atoms. The molecule has 1 saturated heterocycles. The van der Waals surface area contributed by atoms with Gasteiger partial charge in [-0.25, -0.2) is 14.0 Å². The number of amides is 4. The second-order valence-electron chi connectivity index (χ2n) is 11.3. The number of hydrogen-bond acceptors (Lipinski definition) is 6. The number of furan rings is 1. The number of pyridine rings is 1. The fraction of sp³-hybridized carbons (Fsp3) is 0.448. The van der Waals surface area contributed by atoms with Crippen molar-refractivity contribution in [2.24, 2.45) is 5.92 Å².